The molecule has 5 nitrogen and oxygen atoms in total. The minimum absolute atomic E-state index is 0.246. The maximum absolute atomic E-state index is 12.3. The van der Waals surface area contributed by atoms with Crippen LogP contribution in [0.25, 0.3) is 11.1 Å². The van der Waals surface area contributed by atoms with Gasteiger partial charge in [-0.25, -0.2) is 4.98 Å². The molecule has 0 aliphatic rings. The second-order valence-electron chi connectivity index (χ2n) is 5.80. The van der Waals surface area contributed by atoms with Crippen molar-refractivity contribution in [2.24, 2.45) is 0 Å². The van der Waals surface area contributed by atoms with Crippen molar-refractivity contribution in [2.75, 3.05) is 18.2 Å². The van der Waals surface area contributed by atoms with Gasteiger partial charge < -0.3 is 15.8 Å². The molecule has 0 bridgehead atoms. The topological polar surface area (TPSA) is 77.2 Å². The fourth-order valence-corrected chi connectivity index (χ4v) is 2.72. The zero-order chi connectivity index (χ0) is 18.7. The number of benzene rings is 2. The molecule has 0 atom stereocenters. The third kappa shape index (κ3) is 3.78. The summed E-state index contributed by atoms with van der Waals surface area (Å²) in [5, 5.41) is 3.28. The zero-order valence-corrected chi connectivity index (χ0v) is 15.2. The van der Waals surface area contributed by atoms with Crippen LogP contribution < -0.4 is 15.8 Å². The molecular formula is C20H18ClN3O2. The van der Waals surface area contributed by atoms with Crippen molar-refractivity contribution in [1.29, 1.82) is 0 Å². The summed E-state index contributed by atoms with van der Waals surface area (Å²) in [6.07, 6.45) is 0. The fourth-order valence-electron chi connectivity index (χ4n) is 2.50. The number of aromatic nitrogens is 1. The number of methoxy groups -OCH3 is 1. The van der Waals surface area contributed by atoms with Crippen LogP contribution in [0, 0.1) is 6.92 Å². The molecule has 3 aromatic rings. The molecule has 132 valence electrons. The fraction of sp³-hybridized carbons (Fsp3) is 0.100. The van der Waals surface area contributed by atoms with Crippen molar-refractivity contribution >= 4 is 29.1 Å². The van der Waals surface area contributed by atoms with Crippen LogP contribution in [0.3, 0.4) is 0 Å². The molecule has 0 fully saturated rings. The van der Waals surface area contributed by atoms with E-state index in [0.29, 0.717) is 33.3 Å². The largest absolute Gasteiger partial charge is 0.497 e. The molecule has 1 aromatic heterocycles. The molecule has 0 saturated heterocycles. The van der Waals surface area contributed by atoms with E-state index in [-0.39, 0.29) is 11.7 Å². The molecule has 6 heteroatoms. The van der Waals surface area contributed by atoms with Gasteiger partial charge in [-0.3, -0.25) is 4.79 Å². The lowest BCUT2D eigenvalue weighted by Crippen LogP contribution is -2.13. The predicted molar refractivity (Wildman–Crippen MR) is 105 cm³/mol. The molecule has 3 rings (SSSR count). The lowest BCUT2D eigenvalue weighted by molar-refractivity contribution is 0.102. The molecule has 1 amide bonds. The lowest BCUT2D eigenvalue weighted by atomic mass is 10.1. The minimum atomic E-state index is -0.246. The molecule has 26 heavy (non-hydrogen) atoms. The number of ether oxygens (including phenoxy) is 1. The van der Waals surface area contributed by atoms with Gasteiger partial charge in [0.05, 0.1) is 7.11 Å². The van der Waals surface area contributed by atoms with Crippen LogP contribution in [0.2, 0.25) is 5.02 Å². The number of halogens is 1. The average molecular weight is 368 g/mol. The Bertz CT molecular complexity index is 956. The maximum atomic E-state index is 12.3. The number of hydrogen-bond acceptors (Lipinski definition) is 4. The Balaban J connectivity index is 1.86. The predicted octanol–water partition coefficient (Wildman–Crippen LogP) is 4.55. The molecule has 0 saturated carbocycles. The summed E-state index contributed by atoms with van der Waals surface area (Å²) in [5.74, 6) is 1.06. The number of carbonyl (C=O) groups is 1. The van der Waals surface area contributed by atoms with Crippen molar-refractivity contribution in [1.82, 2.24) is 4.98 Å². The molecule has 0 aliphatic carbocycles. The standard InChI is InChI=1S/C20H18ClN3O2/c1-12-3-5-13(6-4-12)20(25)24-18-10-8-15(19(22)23-18)16-11-14(26-2)7-9-17(16)21/h3-11H,1-2H3,(H3,22,23,24,25). The second kappa shape index (κ2) is 7.45. The molecule has 0 unspecified atom stereocenters. The quantitative estimate of drug-likeness (QED) is 0.709. The molecule has 2 aromatic carbocycles. The third-order valence-electron chi connectivity index (χ3n) is 3.94. The number of pyridine rings is 1. The number of rotatable bonds is 4. The van der Waals surface area contributed by atoms with Crippen molar-refractivity contribution in [2.45, 2.75) is 6.92 Å². The Morgan fingerprint density at radius 1 is 1.08 bits per heavy atom. The Morgan fingerprint density at radius 3 is 2.46 bits per heavy atom. The summed E-state index contributed by atoms with van der Waals surface area (Å²) in [5.41, 5.74) is 9.11. The summed E-state index contributed by atoms with van der Waals surface area (Å²) in [6.45, 7) is 1.96. The van der Waals surface area contributed by atoms with E-state index in [1.54, 1.807) is 49.6 Å². The van der Waals surface area contributed by atoms with Gasteiger partial charge in [0.2, 0.25) is 0 Å². The monoisotopic (exact) mass is 367 g/mol. The highest BCUT2D eigenvalue weighted by molar-refractivity contribution is 6.33. The number of aryl methyl sites for hydroxylation is 1. The van der Waals surface area contributed by atoms with Crippen molar-refractivity contribution < 1.29 is 9.53 Å². The highest BCUT2D eigenvalue weighted by atomic mass is 35.5. The van der Waals surface area contributed by atoms with Crippen LogP contribution in [0.5, 0.6) is 5.75 Å². The van der Waals surface area contributed by atoms with Crippen LogP contribution in [0.15, 0.2) is 54.6 Å². The van der Waals surface area contributed by atoms with E-state index >= 15 is 0 Å². The number of nitrogens with two attached hydrogens (primary N) is 1. The Labute approximate surface area is 156 Å². The first kappa shape index (κ1) is 17.8. The van der Waals surface area contributed by atoms with Gasteiger partial charge in [-0.05, 0) is 49.4 Å². The zero-order valence-electron chi connectivity index (χ0n) is 14.4. The first-order valence-corrected chi connectivity index (χ1v) is 8.34. The van der Waals surface area contributed by atoms with E-state index in [1.807, 2.05) is 19.1 Å². The van der Waals surface area contributed by atoms with E-state index in [2.05, 4.69) is 10.3 Å². The smallest absolute Gasteiger partial charge is 0.256 e. The minimum Gasteiger partial charge on any atom is -0.497 e. The van der Waals surface area contributed by atoms with Crippen LogP contribution >= 0.6 is 11.6 Å². The molecule has 0 spiro atoms. The molecular weight excluding hydrogens is 350 g/mol. The van der Waals surface area contributed by atoms with Gasteiger partial charge in [-0.15, -0.1) is 0 Å². The van der Waals surface area contributed by atoms with Crippen molar-refractivity contribution in [3.8, 4) is 16.9 Å². The molecule has 1 heterocycles. The third-order valence-corrected chi connectivity index (χ3v) is 4.27. The number of hydrogen-bond donors (Lipinski definition) is 2. The number of nitrogen functional groups attached to an aromatic ring is 1. The van der Waals surface area contributed by atoms with E-state index in [1.165, 1.54) is 0 Å². The van der Waals surface area contributed by atoms with Crippen molar-refractivity contribution in [3.63, 3.8) is 0 Å². The van der Waals surface area contributed by atoms with Gasteiger partial charge in [-0.1, -0.05) is 29.3 Å². The molecule has 3 N–H and O–H groups in total. The van der Waals surface area contributed by atoms with Crippen LogP contribution in [-0.2, 0) is 0 Å². The summed E-state index contributed by atoms with van der Waals surface area (Å²) in [4.78, 5) is 16.6. The first-order chi connectivity index (χ1) is 12.5. The Hall–Kier alpha value is -3.05. The van der Waals surface area contributed by atoms with Gasteiger partial charge in [0.15, 0.2) is 0 Å². The van der Waals surface area contributed by atoms with Gasteiger partial charge in [0.1, 0.15) is 17.4 Å². The Morgan fingerprint density at radius 2 is 1.81 bits per heavy atom. The van der Waals surface area contributed by atoms with Crippen LogP contribution in [-0.4, -0.2) is 18.0 Å². The van der Waals surface area contributed by atoms with Crippen LogP contribution in [0.4, 0.5) is 11.6 Å². The summed E-state index contributed by atoms with van der Waals surface area (Å²) >= 11 is 6.27. The van der Waals surface area contributed by atoms with Gasteiger partial charge >= 0.3 is 0 Å². The van der Waals surface area contributed by atoms with E-state index in [9.17, 15) is 4.79 Å². The van der Waals surface area contributed by atoms with Gasteiger partial charge in [0.25, 0.3) is 5.91 Å². The second-order valence-corrected chi connectivity index (χ2v) is 6.20. The lowest BCUT2D eigenvalue weighted by Gasteiger charge is -2.11. The van der Waals surface area contributed by atoms with Crippen molar-refractivity contribution in [3.05, 3.63) is 70.7 Å². The number of nitrogens with one attached hydrogen (secondary N) is 1. The van der Waals surface area contributed by atoms with Gasteiger partial charge in [0, 0.05) is 21.7 Å². The van der Waals surface area contributed by atoms with Crippen LogP contribution in [0.1, 0.15) is 15.9 Å². The highest BCUT2D eigenvalue weighted by Crippen LogP contribution is 2.34. The van der Waals surface area contributed by atoms with Gasteiger partial charge in [-0.2, -0.15) is 0 Å². The molecule has 0 aliphatic heterocycles. The number of nitrogens with zero attached hydrogens (tertiary/aromatic N) is 1. The maximum Gasteiger partial charge on any atom is 0.256 e. The van der Waals surface area contributed by atoms with E-state index in [4.69, 9.17) is 22.1 Å². The normalized spacial score (nSPS) is 10.4. The summed E-state index contributed by atoms with van der Waals surface area (Å²) in [7, 11) is 1.58. The highest BCUT2D eigenvalue weighted by Gasteiger charge is 2.12. The first-order valence-electron chi connectivity index (χ1n) is 7.96. The van der Waals surface area contributed by atoms with E-state index in [0.717, 1.165) is 5.56 Å². The number of amides is 1. The Kier molecular flexibility index (Phi) is 5.09. The number of anilines is 2. The molecule has 0 radical (unpaired) electrons. The summed E-state index contributed by atoms with van der Waals surface area (Å²) in [6, 6.07) is 16.0. The van der Waals surface area contributed by atoms with E-state index < -0.39 is 0 Å². The average Bonchev–Trinajstić information content (AvgIpc) is 2.63. The summed E-state index contributed by atoms with van der Waals surface area (Å²) < 4.78 is 5.23. The number of carbonyl (C=O) groups excluding carboxylic acids is 1. The SMILES string of the molecule is COc1ccc(Cl)c(-c2ccc(NC(=O)c3ccc(C)cc3)nc2N)c1.